The van der Waals surface area contributed by atoms with Crippen LogP contribution in [0.3, 0.4) is 0 Å². The van der Waals surface area contributed by atoms with Gasteiger partial charge in [-0.1, -0.05) is 18.2 Å². The van der Waals surface area contributed by atoms with Crippen molar-refractivity contribution in [1.82, 2.24) is 5.32 Å². The van der Waals surface area contributed by atoms with Crippen molar-refractivity contribution in [2.75, 3.05) is 13.7 Å². The lowest BCUT2D eigenvalue weighted by atomic mass is 10.1. The Morgan fingerprint density at radius 2 is 2.17 bits per heavy atom. The molecule has 5 heteroatoms. The maximum atomic E-state index is 13.5. The highest BCUT2D eigenvalue weighted by atomic mass is 19.1. The fourth-order valence-electron chi connectivity index (χ4n) is 1.60. The first-order chi connectivity index (χ1) is 8.56. The summed E-state index contributed by atoms with van der Waals surface area (Å²) in [5.74, 6) is -0.640. The molecular weight excluding hydrogens is 235 g/mol. The number of carbonyl (C=O) groups excluding carboxylic acids is 1. The number of nitrogens with one attached hydrogen (secondary N) is 1. The molecule has 1 unspecified atom stereocenters. The third-order valence-corrected chi connectivity index (χ3v) is 2.70. The van der Waals surface area contributed by atoms with Gasteiger partial charge in [0.1, 0.15) is 5.82 Å². The van der Waals surface area contributed by atoms with Gasteiger partial charge in [0.25, 0.3) is 0 Å². The third kappa shape index (κ3) is 4.09. The number of hydrogen-bond donors (Lipinski definition) is 2. The molecule has 0 radical (unpaired) electrons. The van der Waals surface area contributed by atoms with E-state index >= 15 is 0 Å². The quantitative estimate of drug-likeness (QED) is 0.805. The highest BCUT2D eigenvalue weighted by Gasteiger charge is 2.17. The average Bonchev–Trinajstić information content (AvgIpc) is 2.36. The first kappa shape index (κ1) is 14.6. The van der Waals surface area contributed by atoms with Crippen LogP contribution in [0.2, 0.25) is 0 Å². The largest absolute Gasteiger partial charge is 0.385 e. The highest BCUT2D eigenvalue weighted by molar-refractivity contribution is 5.81. The summed E-state index contributed by atoms with van der Waals surface area (Å²) in [6.45, 7) is 2.14. The molecule has 0 saturated heterocycles. The van der Waals surface area contributed by atoms with Crippen molar-refractivity contribution in [2.24, 2.45) is 5.73 Å². The number of rotatable bonds is 6. The topological polar surface area (TPSA) is 64.3 Å². The summed E-state index contributed by atoms with van der Waals surface area (Å²) >= 11 is 0. The van der Waals surface area contributed by atoms with Crippen LogP contribution < -0.4 is 11.1 Å². The van der Waals surface area contributed by atoms with Gasteiger partial charge >= 0.3 is 0 Å². The second-order valence-corrected chi connectivity index (χ2v) is 4.14. The van der Waals surface area contributed by atoms with Gasteiger partial charge in [-0.15, -0.1) is 0 Å². The SMILES string of the molecule is COCCC(N)C(=O)N[C@H](C)c1ccccc1F. The fraction of sp³-hybridized carbons (Fsp3) is 0.462. The van der Waals surface area contributed by atoms with Crippen LogP contribution in [0.1, 0.15) is 24.9 Å². The van der Waals surface area contributed by atoms with Crippen molar-refractivity contribution in [3.63, 3.8) is 0 Å². The summed E-state index contributed by atoms with van der Waals surface area (Å²) in [4.78, 5) is 11.7. The lowest BCUT2D eigenvalue weighted by Gasteiger charge is -2.18. The lowest BCUT2D eigenvalue weighted by molar-refractivity contribution is -0.123. The first-order valence-electron chi connectivity index (χ1n) is 5.85. The Morgan fingerprint density at radius 1 is 1.50 bits per heavy atom. The van der Waals surface area contributed by atoms with Crippen molar-refractivity contribution in [2.45, 2.75) is 25.4 Å². The molecular formula is C13H19FN2O2. The fourth-order valence-corrected chi connectivity index (χ4v) is 1.60. The van der Waals surface area contributed by atoms with Crippen LogP contribution in [0.5, 0.6) is 0 Å². The van der Waals surface area contributed by atoms with Crippen molar-refractivity contribution in [3.05, 3.63) is 35.6 Å². The van der Waals surface area contributed by atoms with E-state index in [0.717, 1.165) is 0 Å². The van der Waals surface area contributed by atoms with Gasteiger partial charge in [0.2, 0.25) is 5.91 Å². The summed E-state index contributed by atoms with van der Waals surface area (Å²) in [6, 6.07) is 5.29. The zero-order valence-electron chi connectivity index (χ0n) is 10.7. The molecule has 0 spiro atoms. The second kappa shape index (κ2) is 7.08. The molecule has 0 fully saturated rings. The molecule has 1 rings (SSSR count). The Bertz CT molecular complexity index is 398. The molecule has 0 aliphatic heterocycles. The standard InChI is InChI=1S/C13H19FN2O2/c1-9(10-5-3-4-6-11(10)14)16-13(17)12(15)7-8-18-2/h3-6,9,12H,7-8,15H2,1-2H3,(H,16,17)/t9-,12?/m1/s1. The van der Waals surface area contributed by atoms with E-state index in [-0.39, 0.29) is 11.7 Å². The van der Waals surface area contributed by atoms with Gasteiger partial charge in [0, 0.05) is 19.3 Å². The molecule has 3 N–H and O–H groups in total. The monoisotopic (exact) mass is 254 g/mol. The molecule has 1 aromatic carbocycles. The molecule has 4 nitrogen and oxygen atoms in total. The van der Waals surface area contributed by atoms with Crippen molar-refractivity contribution in [1.29, 1.82) is 0 Å². The van der Waals surface area contributed by atoms with Crippen molar-refractivity contribution >= 4 is 5.91 Å². The number of amides is 1. The summed E-state index contributed by atoms with van der Waals surface area (Å²) in [6.07, 6.45) is 0.437. The van der Waals surface area contributed by atoms with Crippen LogP contribution in [-0.4, -0.2) is 25.7 Å². The Hall–Kier alpha value is -1.46. The van der Waals surface area contributed by atoms with E-state index in [1.54, 1.807) is 32.2 Å². The lowest BCUT2D eigenvalue weighted by Crippen LogP contribution is -2.42. The van der Waals surface area contributed by atoms with E-state index in [0.29, 0.717) is 18.6 Å². The predicted molar refractivity (Wildman–Crippen MR) is 67.4 cm³/mol. The first-order valence-corrected chi connectivity index (χ1v) is 5.85. The van der Waals surface area contributed by atoms with Crippen molar-refractivity contribution in [3.8, 4) is 0 Å². The maximum absolute atomic E-state index is 13.5. The Labute approximate surface area is 106 Å². The summed E-state index contributed by atoms with van der Waals surface area (Å²) < 4.78 is 18.3. The van der Waals surface area contributed by atoms with Gasteiger partial charge in [-0.3, -0.25) is 4.79 Å². The minimum atomic E-state index is -0.640. The molecule has 0 aliphatic carbocycles. The molecule has 0 heterocycles. The molecule has 0 aliphatic rings. The zero-order chi connectivity index (χ0) is 13.5. The van der Waals surface area contributed by atoms with E-state index < -0.39 is 12.1 Å². The highest BCUT2D eigenvalue weighted by Crippen LogP contribution is 2.15. The molecule has 1 amide bonds. The minimum absolute atomic E-state index is 0.303. The van der Waals surface area contributed by atoms with Crippen LogP contribution >= 0.6 is 0 Å². The van der Waals surface area contributed by atoms with Gasteiger partial charge in [0.05, 0.1) is 12.1 Å². The molecule has 100 valence electrons. The Balaban J connectivity index is 2.57. The summed E-state index contributed by atoms with van der Waals surface area (Å²) in [5, 5.41) is 2.69. The number of methoxy groups -OCH3 is 1. The van der Waals surface area contributed by atoms with Crippen molar-refractivity contribution < 1.29 is 13.9 Å². The number of carbonyl (C=O) groups is 1. The molecule has 18 heavy (non-hydrogen) atoms. The van der Waals surface area contributed by atoms with Gasteiger partial charge in [-0.25, -0.2) is 4.39 Å². The van der Waals surface area contributed by atoms with Gasteiger partial charge in [-0.2, -0.15) is 0 Å². The number of halogens is 1. The molecule has 1 aromatic rings. The third-order valence-electron chi connectivity index (χ3n) is 2.70. The smallest absolute Gasteiger partial charge is 0.237 e. The number of nitrogens with two attached hydrogens (primary N) is 1. The van der Waals surface area contributed by atoms with Crippen LogP contribution in [0.4, 0.5) is 4.39 Å². The number of benzene rings is 1. The second-order valence-electron chi connectivity index (χ2n) is 4.14. The van der Waals surface area contributed by atoms with E-state index in [9.17, 15) is 9.18 Å². The zero-order valence-corrected chi connectivity index (χ0v) is 10.7. The molecule has 0 bridgehead atoms. The van der Waals surface area contributed by atoms with Crippen LogP contribution in [0.15, 0.2) is 24.3 Å². The van der Waals surface area contributed by atoms with Crippen LogP contribution in [-0.2, 0) is 9.53 Å². The normalized spacial score (nSPS) is 14.0. The Kier molecular flexibility index (Phi) is 5.74. The minimum Gasteiger partial charge on any atom is -0.385 e. The Morgan fingerprint density at radius 3 is 2.78 bits per heavy atom. The van der Waals surface area contributed by atoms with E-state index in [1.165, 1.54) is 6.07 Å². The summed E-state index contributed by atoms with van der Waals surface area (Å²) in [5.41, 5.74) is 6.13. The number of ether oxygens (including phenoxy) is 1. The molecule has 2 atom stereocenters. The van der Waals surface area contributed by atoms with E-state index in [1.807, 2.05) is 0 Å². The average molecular weight is 254 g/mol. The van der Waals surface area contributed by atoms with Gasteiger partial charge in [0.15, 0.2) is 0 Å². The molecule has 0 aromatic heterocycles. The van der Waals surface area contributed by atoms with Gasteiger partial charge in [-0.05, 0) is 19.4 Å². The van der Waals surface area contributed by atoms with Gasteiger partial charge < -0.3 is 15.8 Å². The van der Waals surface area contributed by atoms with E-state index in [4.69, 9.17) is 10.5 Å². The predicted octanol–water partition coefficient (Wildman–Crippen LogP) is 1.37. The molecule has 0 saturated carbocycles. The maximum Gasteiger partial charge on any atom is 0.237 e. The summed E-state index contributed by atoms with van der Waals surface area (Å²) in [7, 11) is 1.55. The van der Waals surface area contributed by atoms with E-state index in [2.05, 4.69) is 5.32 Å². The number of hydrogen-bond acceptors (Lipinski definition) is 3. The van der Waals surface area contributed by atoms with Crippen LogP contribution in [0, 0.1) is 5.82 Å². The van der Waals surface area contributed by atoms with Crippen LogP contribution in [0.25, 0.3) is 0 Å².